The Hall–Kier alpha value is -2.37. The number of ether oxygens (including phenoxy) is 1. The maximum absolute atomic E-state index is 11.9. The molecule has 1 aromatic rings. The molecule has 22 heavy (non-hydrogen) atoms. The normalized spacial score (nSPS) is 15.5. The van der Waals surface area contributed by atoms with Gasteiger partial charge in [0.05, 0.1) is 12.0 Å². The van der Waals surface area contributed by atoms with Crippen LogP contribution in [0, 0.1) is 0 Å². The van der Waals surface area contributed by atoms with Crippen LogP contribution in [0.2, 0.25) is 0 Å². The van der Waals surface area contributed by atoms with Gasteiger partial charge in [0.25, 0.3) is 5.91 Å². The molecule has 0 atom stereocenters. The van der Waals surface area contributed by atoms with Crippen LogP contribution < -0.4 is 10.1 Å². The first kappa shape index (κ1) is 16.0. The Morgan fingerprint density at radius 3 is 2.59 bits per heavy atom. The predicted octanol–water partition coefficient (Wildman–Crippen LogP) is 1.78. The number of carbonyl (C=O) groups is 3. The van der Waals surface area contributed by atoms with Crippen molar-refractivity contribution >= 4 is 17.7 Å². The molecule has 1 aliphatic carbocycles. The van der Waals surface area contributed by atoms with E-state index in [4.69, 9.17) is 9.84 Å². The van der Waals surface area contributed by atoms with Gasteiger partial charge in [0.2, 0.25) is 0 Å². The van der Waals surface area contributed by atoms with Crippen molar-refractivity contribution in [3.63, 3.8) is 0 Å². The Kier molecular flexibility index (Phi) is 4.80. The Balaban J connectivity index is 1.88. The van der Waals surface area contributed by atoms with E-state index >= 15 is 0 Å². The quantitative estimate of drug-likeness (QED) is 0.749. The molecule has 6 nitrogen and oxygen atoms in total. The van der Waals surface area contributed by atoms with Gasteiger partial charge >= 0.3 is 5.97 Å². The predicted molar refractivity (Wildman–Crippen MR) is 78.9 cm³/mol. The van der Waals surface area contributed by atoms with Crippen molar-refractivity contribution in [3.8, 4) is 5.75 Å². The number of rotatable bonds is 7. The van der Waals surface area contributed by atoms with E-state index < -0.39 is 11.5 Å². The SMILES string of the molecule is CC(=O)c1cccc(OCC(=O)NC2(CC(=O)O)CCC2)c1. The number of carboxylic acids is 1. The Bertz CT molecular complexity index is 592. The molecule has 2 rings (SSSR count). The van der Waals surface area contributed by atoms with E-state index in [1.165, 1.54) is 6.92 Å². The Morgan fingerprint density at radius 2 is 2.05 bits per heavy atom. The monoisotopic (exact) mass is 305 g/mol. The largest absolute Gasteiger partial charge is 0.484 e. The molecule has 1 aromatic carbocycles. The minimum absolute atomic E-state index is 0.0709. The summed E-state index contributed by atoms with van der Waals surface area (Å²) in [6, 6.07) is 6.59. The number of Topliss-reactive ketones (excluding diaryl/α,β-unsaturated/α-hetero) is 1. The first-order chi connectivity index (χ1) is 10.4. The van der Waals surface area contributed by atoms with Gasteiger partial charge in [0.15, 0.2) is 12.4 Å². The highest BCUT2D eigenvalue weighted by atomic mass is 16.5. The van der Waals surface area contributed by atoms with Gasteiger partial charge in [-0.1, -0.05) is 12.1 Å². The van der Waals surface area contributed by atoms with Crippen molar-refractivity contribution < 1.29 is 24.2 Å². The number of carboxylic acid groups (broad SMARTS) is 1. The number of amides is 1. The average molecular weight is 305 g/mol. The van der Waals surface area contributed by atoms with E-state index in [9.17, 15) is 14.4 Å². The molecule has 0 spiro atoms. The van der Waals surface area contributed by atoms with E-state index in [2.05, 4.69) is 5.32 Å². The number of nitrogens with one attached hydrogen (secondary N) is 1. The molecule has 0 aliphatic heterocycles. The van der Waals surface area contributed by atoms with Crippen LogP contribution >= 0.6 is 0 Å². The summed E-state index contributed by atoms with van der Waals surface area (Å²) in [7, 11) is 0. The average Bonchev–Trinajstić information content (AvgIpc) is 2.42. The second kappa shape index (κ2) is 6.60. The molecular weight excluding hydrogens is 286 g/mol. The third kappa shape index (κ3) is 4.07. The molecule has 1 amide bonds. The lowest BCUT2D eigenvalue weighted by Crippen LogP contribution is -2.55. The Labute approximate surface area is 128 Å². The second-order valence-corrected chi connectivity index (χ2v) is 5.63. The topological polar surface area (TPSA) is 92.7 Å². The van der Waals surface area contributed by atoms with Gasteiger partial charge in [-0.05, 0) is 38.3 Å². The zero-order valence-electron chi connectivity index (χ0n) is 12.4. The lowest BCUT2D eigenvalue weighted by Gasteiger charge is -2.41. The van der Waals surface area contributed by atoms with Crippen molar-refractivity contribution in [1.82, 2.24) is 5.32 Å². The summed E-state index contributed by atoms with van der Waals surface area (Å²) in [6.45, 7) is 1.25. The molecule has 0 saturated heterocycles. The van der Waals surface area contributed by atoms with Gasteiger partial charge < -0.3 is 15.2 Å². The smallest absolute Gasteiger partial charge is 0.305 e. The van der Waals surface area contributed by atoms with E-state index in [1.807, 2.05) is 0 Å². The van der Waals surface area contributed by atoms with Crippen LogP contribution in [0.15, 0.2) is 24.3 Å². The highest BCUT2D eigenvalue weighted by Crippen LogP contribution is 2.34. The molecule has 0 bridgehead atoms. The third-order valence-corrected chi connectivity index (χ3v) is 3.82. The van der Waals surface area contributed by atoms with E-state index in [1.54, 1.807) is 24.3 Å². The van der Waals surface area contributed by atoms with E-state index in [-0.39, 0.29) is 24.7 Å². The van der Waals surface area contributed by atoms with Crippen LogP contribution in [0.3, 0.4) is 0 Å². The molecule has 0 unspecified atom stereocenters. The molecule has 0 aromatic heterocycles. The first-order valence-electron chi connectivity index (χ1n) is 7.17. The molecule has 6 heteroatoms. The molecule has 0 radical (unpaired) electrons. The van der Waals surface area contributed by atoms with Crippen LogP contribution in [0.1, 0.15) is 43.0 Å². The zero-order chi connectivity index (χ0) is 16.2. The van der Waals surface area contributed by atoms with Crippen LogP contribution in [0.25, 0.3) is 0 Å². The molecule has 118 valence electrons. The van der Waals surface area contributed by atoms with Gasteiger partial charge in [0.1, 0.15) is 5.75 Å². The first-order valence-corrected chi connectivity index (χ1v) is 7.17. The summed E-state index contributed by atoms with van der Waals surface area (Å²) in [5, 5.41) is 11.7. The van der Waals surface area contributed by atoms with E-state index in [0.717, 1.165) is 6.42 Å². The highest BCUT2D eigenvalue weighted by molar-refractivity contribution is 5.94. The van der Waals surface area contributed by atoms with Gasteiger partial charge in [-0.25, -0.2) is 0 Å². The number of aliphatic carboxylic acids is 1. The highest BCUT2D eigenvalue weighted by Gasteiger charge is 2.40. The maximum Gasteiger partial charge on any atom is 0.305 e. The number of hydrogen-bond donors (Lipinski definition) is 2. The van der Waals surface area contributed by atoms with Gasteiger partial charge in [-0.3, -0.25) is 14.4 Å². The Morgan fingerprint density at radius 1 is 1.32 bits per heavy atom. The summed E-state index contributed by atoms with van der Waals surface area (Å²) < 4.78 is 5.37. The molecule has 1 fully saturated rings. The molecular formula is C16H19NO5. The summed E-state index contributed by atoms with van der Waals surface area (Å²) in [5.41, 5.74) is -0.118. The van der Waals surface area contributed by atoms with Gasteiger partial charge in [0, 0.05) is 5.56 Å². The molecule has 1 saturated carbocycles. The minimum atomic E-state index is -0.921. The zero-order valence-corrected chi connectivity index (χ0v) is 12.4. The van der Waals surface area contributed by atoms with Crippen molar-refractivity contribution in [1.29, 1.82) is 0 Å². The van der Waals surface area contributed by atoms with Crippen molar-refractivity contribution in [3.05, 3.63) is 29.8 Å². The number of ketones is 1. The minimum Gasteiger partial charge on any atom is -0.484 e. The third-order valence-electron chi connectivity index (χ3n) is 3.82. The van der Waals surface area contributed by atoms with Crippen molar-refractivity contribution in [2.24, 2.45) is 0 Å². The van der Waals surface area contributed by atoms with Crippen LogP contribution in [0.5, 0.6) is 5.75 Å². The second-order valence-electron chi connectivity index (χ2n) is 5.63. The number of carbonyl (C=O) groups excluding carboxylic acids is 2. The molecule has 1 aliphatic rings. The van der Waals surface area contributed by atoms with Crippen LogP contribution in [0.4, 0.5) is 0 Å². The van der Waals surface area contributed by atoms with Gasteiger partial charge in [-0.15, -0.1) is 0 Å². The van der Waals surface area contributed by atoms with Crippen molar-refractivity contribution in [2.75, 3.05) is 6.61 Å². The molecule has 2 N–H and O–H groups in total. The fourth-order valence-electron chi connectivity index (χ4n) is 2.52. The lowest BCUT2D eigenvalue weighted by atomic mass is 9.74. The van der Waals surface area contributed by atoms with Crippen LogP contribution in [-0.4, -0.2) is 34.9 Å². The lowest BCUT2D eigenvalue weighted by molar-refractivity contribution is -0.140. The van der Waals surface area contributed by atoms with Gasteiger partial charge in [-0.2, -0.15) is 0 Å². The maximum atomic E-state index is 11.9. The molecule has 0 heterocycles. The standard InChI is InChI=1S/C16H19NO5/c1-11(18)12-4-2-5-13(8-12)22-10-14(19)17-16(6-3-7-16)9-15(20)21/h2,4-5,8H,3,6-7,9-10H2,1H3,(H,17,19)(H,20,21). The number of hydrogen-bond acceptors (Lipinski definition) is 4. The van der Waals surface area contributed by atoms with E-state index in [0.29, 0.717) is 24.2 Å². The summed E-state index contributed by atoms with van der Waals surface area (Å²) in [6.07, 6.45) is 2.18. The number of benzene rings is 1. The fraction of sp³-hybridized carbons (Fsp3) is 0.438. The van der Waals surface area contributed by atoms with Crippen LogP contribution in [-0.2, 0) is 9.59 Å². The summed E-state index contributed by atoms with van der Waals surface area (Å²) >= 11 is 0. The summed E-state index contributed by atoms with van der Waals surface area (Å²) in [4.78, 5) is 34.1. The fourth-order valence-corrected chi connectivity index (χ4v) is 2.52. The summed E-state index contributed by atoms with van der Waals surface area (Å²) in [5.74, 6) is -0.919. The van der Waals surface area contributed by atoms with Crippen molar-refractivity contribution in [2.45, 2.75) is 38.1 Å².